The van der Waals surface area contributed by atoms with Gasteiger partial charge in [-0.05, 0) is 58.6 Å². The van der Waals surface area contributed by atoms with E-state index in [0.29, 0.717) is 11.8 Å². The van der Waals surface area contributed by atoms with Gasteiger partial charge in [0.25, 0.3) is 0 Å². The lowest BCUT2D eigenvalue weighted by atomic mass is 10.1. The molecule has 0 heterocycles. The summed E-state index contributed by atoms with van der Waals surface area (Å²) in [4.78, 5) is 4.61. The van der Waals surface area contributed by atoms with E-state index in [-0.39, 0.29) is 0 Å². The Morgan fingerprint density at radius 2 is 1.67 bits per heavy atom. The quantitative estimate of drug-likeness (QED) is 0.804. The Balaban J connectivity index is 2.31. The van der Waals surface area contributed by atoms with Crippen molar-refractivity contribution in [3.05, 3.63) is 29.8 Å². The fourth-order valence-electron chi connectivity index (χ4n) is 1.84. The third-order valence-corrected chi connectivity index (χ3v) is 3.44. The summed E-state index contributed by atoms with van der Waals surface area (Å²) in [5.74, 6) is 0.342. The minimum absolute atomic E-state index is 0.342. The summed E-state index contributed by atoms with van der Waals surface area (Å²) >= 11 is 0. The number of aromatic hydroxyl groups is 1. The van der Waals surface area contributed by atoms with Crippen LogP contribution in [0.2, 0.25) is 0 Å². The Morgan fingerprint density at radius 3 is 2.22 bits per heavy atom. The summed E-state index contributed by atoms with van der Waals surface area (Å²) in [6, 6.07) is 8.11. The number of phenols is 1. The van der Waals surface area contributed by atoms with E-state index in [9.17, 15) is 5.11 Å². The molecular weight excluding hydrogens is 224 g/mol. The molecule has 1 N–H and O–H groups in total. The van der Waals surface area contributed by atoms with E-state index >= 15 is 0 Å². The van der Waals surface area contributed by atoms with Crippen LogP contribution < -0.4 is 0 Å². The zero-order valence-corrected chi connectivity index (χ0v) is 12.1. The first-order valence-corrected chi connectivity index (χ1v) is 6.62. The minimum atomic E-state index is 0.342. The molecule has 102 valence electrons. The van der Waals surface area contributed by atoms with Gasteiger partial charge in [0.2, 0.25) is 0 Å². The molecule has 0 amide bonds. The van der Waals surface area contributed by atoms with Crippen LogP contribution in [-0.2, 0) is 6.42 Å². The van der Waals surface area contributed by atoms with E-state index in [1.165, 1.54) is 5.56 Å². The number of benzene rings is 1. The standard InChI is InChI=1S/C15H26N2O/c1-13(17(4)12-11-16(2)3)5-6-14-7-9-15(18)10-8-14/h7-10,13,18H,5-6,11-12H2,1-4H3. The summed E-state index contributed by atoms with van der Waals surface area (Å²) in [6.45, 7) is 4.47. The van der Waals surface area contributed by atoms with Crippen molar-refractivity contribution in [2.24, 2.45) is 0 Å². The highest BCUT2D eigenvalue weighted by atomic mass is 16.3. The fourth-order valence-corrected chi connectivity index (χ4v) is 1.84. The van der Waals surface area contributed by atoms with Crippen LogP contribution in [0.3, 0.4) is 0 Å². The summed E-state index contributed by atoms with van der Waals surface area (Å²) in [5, 5.41) is 9.23. The molecule has 1 rings (SSSR count). The molecule has 1 aromatic rings. The van der Waals surface area contributed by atoms with Gasteiger partial charge in [-0.1, -0.05) is 12.1 Å². The van der Waals surface area contributed by atoms with E-state index in [4.69, 9.17) is 0 Å². The number of hydrogen-bond donors (Lipinski definition) is 1. The Bertz CT molecular complexity index is 335. The molecule has 0 fully saturated rings. The first kappa shape index (κ1) is 15.0. The van der Waals surface area contributed by atoms with Crippen molar-refractivity contribution in [1.82, 2.24) is 9.80 Å². The highest BCUT2D eigenvalue weighted by molar-refractivity contribution is 5.25. The lowest BCUT2D eigenvalue weighted by molar-refractivity contribution is 0.220. The first-order valence-electron chi connectivity index (χ1n) is 6.62. The predicted octanol–water partition coefficient (Wildman–Crippen LogP) is 2.21. The van der Waals surface area contributed by atoms with Crippen molar-refractivity contribution in [2.75, 3.05) is 34.2 Å². The molecule has 3 nitrogen and oxygen atoms in total. The largest absolute Gasteiger partial charge is 0.508 e. The van der Waals surface area contributed by atoms with Crippen molar-refractivity contribution < 1.29 is 5.11 Å². The van der Waals surface area contributed by atoms with Gasteiger partial charge in [-0.3, -0.25) is 0 Å². The van der Waals surface area contributed by atoms with Crippen molar-refractivity contribution in [1.29, 1.82) is 0 Å². The third kappa shape index (κ3) is 5.52. The van der Waals surface area contributed by atoms with Crippen molar-refractivity contribution in [3.8, 4) is 5.75 Å². The summed E-state index contributed by atoms with van der Waals surface area (Å²) in [5.41, 5.74) is 1.29. The second-order valence-corrected chi connectivity index (χ2v) is 5.34. The maximum Gasteiger partial charge on any atom is 0.115 e. The number of hydrogen-bond acceptors (Lipinski definition) is 3. The lowest BCUT2D eigenvalue weighted by Crippen LogP contribution is -2.35. The Kier molecular flexibility index (Phi) is 6.16. The zero-order chi connectivity index (χ0) is 13.5. The molecule has 0 saturated carbocycles. The molecule has 1 atom stereocenters. The van der Waals surface area contributed by atoms with Gasteiger partial charge in [0.05, 0.1) is 0 Å². The summed E-state index contributed by atoms with van der Waals surface area (Å²) < 4.78 is 0. The Morgan fingerprint density at radius 1 is 1.06 bits per heavy atom. The minimum Gasteiger partial charge on any atom is -0.508 e. The van der Waals surface area contributed by atoms with Gasteiger partial charge in [-0.15, -0.1) is 0 Å². The van der Waals surface area contributed by atoms with Crippen molar-refractivity contribution >= 4 is 0 Å². The highest BCUT2D eigenvalue weighted by Gasteiger charge is 2.09. The topological polar surface area (TPSA) is 26.7 Å². The zero-order valence-electron chi connectivity index (χ0n) is 12.1. The second-order valence-electron chi connectivity index (χ2n) is 5.34. The SMILES string of the molecule is CC(CCc1ccc(O)cc1)N(C)CCN(C)C. The van der Waals surface area contributed by atoms with E-state index in [2.05, 4.69) is 37.9 Å². The van der Waals surface area contributed by atoms with Gasteiger partial charge in [0, 0.05) is 19.1 Å². The molecule has 3 heteroatoms. The molecule has 0 aliphatic heterocycles. The smallest absolute Gasteiger partial charge is 0.115 e. The van der Waals surface area contributed by atoms with Crippen LogP contribution in [-0.4, -0.2) is 55.2 Å². The maximum atomic E-state index is 9.23. The molecule has 0 spiro atoms. The van der Waals surface area contributed by atoms with Crippen LogP contribution in [0.15, 0.2) is 24.3 Å². The predicted molar refractivity (Wildman–Crippen MR) is 77.1 cm³/mol. The van der Waals surface area contributed by atoms with Gasteiger partial charge in [-0.2, -0.15) is 0 Å². The van der Waals surface area contributed by atoms with Crippen molar-refractivity contribution in [2.45, 2.75) is 25.8 Å². The number of nitrogens with zero attached hydrogens (tertiary/aromatic N) is 2. The highest BCUT2D eigenvalue weighted by Crippen LogP contribution is 2.13. The number of likely N-dealkylation sites (N-methyl/N-ethyl adjacent to an activating group) is 2. The second kappa shape index (κ2) is 7.39. The third-order valence-electron chi connectivity index (χ3n) is 3.44. The van der Waals surface area contributed by atoms with E-state index in [1.807, 2.05) is 12.1 Å². The lowest BCUT2D eigenvalue weighted by Gasteiger charge is -2.26. The molecule has 18 heavy (non-hydrogen) atoms. The monoisotopic (exact) mass is 250 g/mol. The van der Waals surface area contributed by atoms with Crippen LogP contribution in [0.4, 0.5) is 0 Å². The molecule has 0 aliphatic rings. The Labute approximate surface area is 111 Å². The van der Waals surface area contributed by atoms with Crippen LogP contribution in [0.25, 0.3) is 0 Å². The average Bonchev–Trinajstić information content (AvgIpc) is 2.34. The number of aryl methyl sites for hydroxylation is 1. The molecule has 0 radical (unpaired) electrons. The van der Waals surface area contributed by atoms with Crippen LogP contribution in [0, 0.1) is 0 Å². The normalized spacial score (nSPS) is 13.2. The first-order chi connectivity index (χ1) is 8.49. The molecule has 0 aliphatic carbocycles. The molecule has 1 aromatic carbocycles. The van der Waals surface area contributed by atoms with Gasteiger partial charge < -0.3 is 14.9 Å². The van der Waals surface area contributed by atoms with Gasteiger partial charge in [0.1, 0.15) is 5.75 Å². The van der Waals surface area contributed by atoms with Crippen molar-refractivity contribution in [3.63, 3.8) is 0 Å². The van der Waals surface area contributed by atoms with Gasteiger partial charge in [-0.25, -0.2) is 0 Å². The molecule has 1 unspecified atom stereocenters. The Hall–Kier alpha value is -1.06. The van der Waals surface area contributed by atoms with Crippen LogP contribution >= 0.6 is 0 Å². The average molecular weight is 250 g/mol. The molecule has 0 aromatic heterocycles. The fraction of sp³-hybridized carbons (Fsp3) is 0.600. The summed E-state index contributed by atoms with van der Waals surface area (Å²) in [6.07, 6.45) is 2.21. The summed E-state index contributed by atoms with van der Waals surface area (Å²) in [7, 11) is 6.40. The molecule has 0 bridgehead atoms. The van der Waals surface area contributed by atoms with E-state index in [1.54, 1.807) is 12.1 Å². The van der Waals surface area contributed by atoms with Gasteiger partial charge in [0.15, 0.2) is 0 Å². The number of rotatable bonds is 7. The van der Waals surface area contributed by atoms with Gasteiger partial charge >= 0.3 is 0 Å². The molecule has 0 saturated heterocycles. The van der Waals surface area contributed by atoms with E-state index < -0.39 is 0 Å². The number of phenolic OH excluding ortho intramolecular Hbond substituents is 1. The molecular formula is C15H26N2O. The van der Waals surface area contributed by atoms with Crippen LogP contribution in [0.5, 0.6) is 5.75 Å². The van der Waals surface area contributed by atoms with E-state index in [0.717, 1.165) is 25.9 Å². The van der Waals surface area contributed by atoms with Crippen LogP contribution in [0.1, 0.15) is 18.9 Å². The maximum absolute atomic E-state index is 9.23.